The van der Waals surface area contributed by atoms with Crippen LogP contribution in [-0.2, 0) is 6.54 Å². The number of aromatic nitrogens is 2. The standard InChI is InChI=1S/C19H18N2O3S/c1-13(22)17-18(23)21(15-8-10-16(24-2)11-9-15)19(25)20(17)12-14-6-4-3-5-7-14/h3-11,23H,12H2,1-2H3. The molecule has 1 aromatic heterocycles. The lowest BCUT2D eigenvalue weighted by Gasteiger charge is -2.06. The Morgan fingerprint density at radius 1 is 1.12 bits per heavy atom. The third kappa shape index (κ3) is 3.21. The third-order valence-electron chi connectivity index (χ3n) is 3.96. The molecule has 128 valence electrons. The molecule has 25 heavy (non-hydrogen) atoms. The summed E-state index contributed by atoms with van der Waals surface area (Å²) >= 11 is 5.54. The van der Waals surface area contributed by atoms with Gasteiger partial charge in [0.25, 0.3) is 0 Å². The molecule has 0 saturated heterocycles. The Hall–Kier alpha value is -2.86. The van der Waals surface area contributed by atoms with Crippen molar-refractivity contribution in [2.45, 2.75) is 13.5 Å². The first-order valence-electron chi connectivity index (χ1n) is 7.76. The highest BCUT2D eigenvalue weighted by Crippen LogP contribution is 2.27. The Kier molecular flexibility index (Phi) is 4.72. The van der Waals surface area contributed by atoms with Gasteiger partial charge in [-0.1, -0.05) is 30.3 Å². The van der Waals surface area contributed by atoms with Crippen LogP contribution >= 0.6 is 12.2 Å². The maximum atomic E-state index is 12.1. The number of benzene rings is 2. The van der Waals surface area contributed by atoms with Crippen molar-refractivity contribution >= 4 is 18.0 Å². The van der Waals surface area contributed by atoms with Crippen molar-refractivity contribution in [1.82, 2.24) is 9.13 Å². The number of Topliss-reactive ketones (excluding diaryl/α,β-unsaturated/α-hetero) is 1. The summed E-state index contributed by atoms with van der Waals surface area (Å²) in [6.45, 7) is 1.83. The molecule has 1 heterocycles. The molecule has 3 aromatic rings. The number of hydrogen-bond donors (Lipinski definition) is 1. The third-order valence-corrected chi connectivity index (χ3v) is 4.37. The minimum absolute atomic E-state index is 0.154. The summed E-state index contributed by atoms with van der Waals surface area (Å²) in [7, 11) is 1.59. The minimum atomic E-state index is -0.244. The number of ether oxygens (including phenoxy) is 1. The van der Waals surface area contributed by atoms with E-state index >= 15 is 0 Å². The molecule has 0 fully saturated rings. The molecule has 0 aliphatic carbocycles. The van der Waals surface area contributed by atoms with Crippen molar-refractivity contribution in [2.75, 3.05) is 7.11 Å². The van der Waals surface area contributed by atoms with Crippen LogP contribution in [0.25, 0.3) is 5.69 Å². The van der Waals surface area contributed by atoms with Gasteiger partial charge in [0.1, 0.15) is 11.4 Å². The number of rotatable bonds is 5. The zero-order valence-electron chi connectivity index (χ0n) is 14.0. The van der Waals surface area contributed by atoms with Crippen LogP contribution in [0.15, 0.2) is 54.6 Å². The molecule has 2 aromatic carbocycles. The molecule has 0 unspecified atom stereocenters. The molecule has 3 rings (SSSR count). The minimum Gasteiger partial charge on any atom is -0.497 e. The molecule has 0 aliphatic rings. The van der Waals surface area contributed by atoms with E-state index in [1.54, 1.807) is 35.9 Å². The normalized spacial score (nSPS) is 10.6. The molecule has 1 N–H and O–H groups in total. The molecule has 0 aliphatic heterocycles. The molecular formula is C19H18N2O3S. The van der Waals surface area contributed by atoms with E-state index in [0.29, 0.717) is 22.8 Å². The zero-order chi connectivity index (χ0) is 18.0. The van der Waals surface area contributed by atoms with Gasteiger partial charge in [-0.25, -0.2) is 0 Å². The lowest BCUT2D eigenvalue weighted by molar-refractivity contribution is 0.100. The van der Waals surface area contributed by atoms with Crippen LogP contribution in [0.5, 0.6) is 11.6 Å². The summed E-state index contributed by atoms with van der Waals surface area (Å²) in [6.07, 6.45) is 0. The lowest BCUT2D eigenvalue weighted by Crippen LogP contribution is -2.08. The number of hydrogen-bond acceptors (Lipinski definition) is 4. The maximum Gasteiger partial charge on any atom is 0.226 e. The molecule has 0 bridgehead atoms. The molecule has 0 spiro atoms. The fourth-order valence-corrected chi connectivity index (χ4v) is 3.11. The fraction of sp³-hybridized carbons (Fsp3) is 0.158. The first kappa shape index (κ1) is 17.0. The molecule has 0 radical (unpaired) electrons. The quantitative estimate of drug-likeness (QED) is 0.556. The summed E-state index contributed by atoms with van der Waals surface area (Å²) in [5.41, 5.74) is 1.86. The second-order valence-corrected chi connectivity index (χ2v) is 5.98. The Bertz CT molecular complexity index is 957. The fourth-order valence-electron chi connectivity index (χ4n) is 2.76. The molecule has 0 atom stereocenters. The summed E-state index contributed by atoms with van der Waals surface area (Å²) in [5, 5.41) is 10.6. The summed E-state index contributed by atoms with van der Waals surface area (Å²) < 4.78 is 8.67. The number of methoxy groups -OCH3 is 1. The Morgan fingerprint density at radius 3 is 2.32 bits per heavy atom. The lowest BCUT2D eigenvalue weighted by atomic mass is 10.2. The highest BCUT2D eigenvalue weighted by Gasteiger charge is 2.21. The number of nitrogens with zero attached hydrogens (tertiary/aromatic N) is 2. The van der Waals surface area contributed by atoms with Gasteiger partial charge in [0, 0.05) is 6.92 Å². The highest BCUT2D eigenvalue weighted by molar-refractivity contribution is 7.71. The van der Waals surface area contributed by atoms with E-state index in [-0.39, 0.29) is 17.4 Å². The van der Waals surface area contributed by atoms with Crippen molar-refractivity contribution in [3.05, 3.63) is 70.6 Å². The summed E-state index contributed by atoms with van der Waals surface area (Å²) in [6, 6.07) is 16.8. The number of aromatic hydroxyl groups is 1. The molecule has 0 amide bonds. The molecule has 0 saturated carbocycles. The molecule has 5 nitrogen and oxygen atoms in total. The van der Waals surface area contributed by atoms with E-state index in [4.69, 9.17) is 17.0 Å². The van der Waals surface area contributed by atoms with E-state index in [1.807, 2.05) is 30.3 Å². The predicted octanol–water partition coefficient (Wildman–Crippen LogP) is 3.97. The second-order valence-electron chi connectivity index (χ2n) is 5.62. The highest BCUT2D eigenvalue weighted by atomic mass is 32.1. The predicted molar refractivity (Wildman–Crippen MR) is 98.4 cm³/mol. The van der Waals surface area contributed by atoms with Gasteiger partial charge in [-0.2, -0.15) is 0 Å². The van der Waals surface area contributed by atoms with Gasteiger partial charge in [0.15, 0.2) is 10.6 Å². The van der Waals surface area contributed by atoms with Gasteiger partial charge in [-0.05, 0) is 42.0 Å². The van der Waals surface area contributed by atoms with Gasteiger partial charge in [0.05, 0.1) is 19.3 Å². The van der Waals surface area contributed by atoms with Gasteiger partial charge in [-0.3, -0.25) is 9.36 Å². The van der Waals surface area contributed by atoms with Crippen LogP contribution in [0.3, 0.4) is 0 Å². The number of carbonyl (C=O) groups is 1. The first-order chi connectivity index (χ1) is 12.0. The van der Waals surface area contributed by atoms with Gasteiger partial charge < -0.3 is 14.4 Å². The van der Waals surface area contributed by atoms with Crippen molar-refractivity contribution in [1.29, 1.82) is 0 Å². The van der Waals surface area contributed by atoms with Crippen LogP contribution in [0.1, 0.15) is 23.0 Å². The average molecular weight is 354 g/mol. The molecular weight excluding hydrogens is 336 g/mol. The van der Waals surface area contributed by atoms with E-state index in [2.05, 4.69) is 0 Å². The van der Waals surface area contributed by atoms with Crippen LogP contribution < -0.4 is 4.74 Å². The topological polar surface area (TPSA) is 56.4 Å². The summed E-state index contributed by atoms with van der Waals surface area (Å²) in [5.74, 6) is 0.302. The molecule has 6 heteroatoms. The van der Waals surface area contributed by atoms with Gasteiger partial charge in [-0.15, -0.1) is 0 Å². The van der Waals surface area contributed by atoms with Crippen LogP contribution in [-0.4, -0.2) is 27.1 Å². The first-order valence-corrected chi connectivity index (χ1v) is 8.17. The van der Waals surface area contributed by atoms with Crippen LogP contribution in [0.2, 0.25) is 0 Å². The van der Waals surface area contributed by atoms with Crippen LogP contribution in [0.4, 0.5) is 0 Å². The van der Waals surface area contributed by atoms with Gasteiger partial charge in [0.2, 0.25) is 5.88 Å². The average Bonchev–Trinajstić information content (AvgIpc) is 2.86. The maximum absolute atomic E-state index is 12.1. The summed E-state index contributed by atoms with van der Waals surface area (Å²) in [4.78, 5) is 12.1. The smallest absolute Gasteiger partial charge is 0.226 e. The Balaban J connectivity index is 2.15. The monoisotopic (exact) mass is 354 g/mol. The number of carbonyl (C=O) groups excluding carboxylic acids is 1. The Morgan fingerprint density at radius 2 is 1.76 bits per heavy atom. The van der Waals surface area contributed by atoms with Crippen molar-refractivity contribution in [2.24, 2.45) is 0 Å². The largest absolute Gasteiger partial charge is 0.497 e. The van der Waals surface area contributed by atoms with E-state index in [0.717, 1.165) is 5.56 Å². The van der Waals surface area contributed by atoms with Crippen LogP contribution in [0, 0.1) is 4.77 Å². The van der Waals surface area contributed by atoms with Crippen molar-refractivity contribution in [3.8, 4) is 17.3 Å². The van der Waals surface area contributed by atoms with E-state index < -0.39 is 0 Å². The van der Waals surface area contributed by atoms with E-state index in [1.165, 1.54) is 11.5 Å². The van der Waals surface area contributed by atoms with E-state index in [9.17, 15) is 9.90 Å². The van der Waals surface area contributed by atoms with Gasteiger partial charge >= 0.3 is 0 Å². The number of ketones is 1. The zero-order valence-corrected chi connectivity index (χ0v) is 14.8. The second kappa shape index (κ2) is 6.94. The SMILES string of the molecule is COc1ccc(-n2c(O)c(C(C)=O)n(Cc3ccccc3)c2=S)cc1. The number of imidazole rings is 1. The van der Waals surface area contributed by atoms with Crippen molar-refractivity contribution in [3.63, 3.8) is 0 Å². The van der Waals surface area contributed by atoms with Crippen molar-refractivity contribution < 1.29 is 14.6 Å². The Labute approximate surface area is 150 Å².